The molecule has 0 aliphatic rings. The van der Waals surface area contributed by atoms with E-state index in [-0.39, 0.29) is 5.97 Å². The summed E-state index contributed by atoms with van der Waals surface area (Å²) in [6, 6.07) is 8.34. The molecule has 0 spiro atoms. The Hall–Kier alpha value is -1.57. The lowest BCUT2D eigenvalue weighted by Gasteiger charge is -2.04. The lowest BCUT2D eigenvalue weighted by Crippen LogP contribution is -1.96. The van der Waals surface area contributed by atoms with Gasteiger partial charge in [-0.05, 0) is 17.0 Å². The number of carbonyl (C=O) groups is 1. The molecule has 86 valence electrons. The summed E-state index contributed by atoms with van der Waals surface area (Å²) >= 11 is 0. The Morgan fingerprint density at radius 1 is 1.31 bits per heavy atom. The molecule has 16 heavy (non-hydrogen) atoms. The SMILES string of the molecule is COC(=O)CC=Cc1ccc(C(C)C)cc1. The molecule has 2 heteroatoms. The van der Waals surface area contributed by atoms with Crippen molar-refractivity contribution in [2.75, 3.05) is 7.11 Å². The molecule has 0 radical (unpaired) electrons. The largest absolute Gasteiger partial charge is 0.469 e. The Bertz CT molecular complexity index is 361. The van der Waals surface area contributed by atoms with Gasteiger partial charge in [0.25, 0.3) is 0 Å². The summed E-state index contributed by atoms with van der Waals surface area (Å²) in [5, 5.41) is 0. The molecule has 0 aliphatic heterocycles. The zero-order valence-corrected chi connectivity index (χ0v) is 10.1. The monoisotopic (exact) mass is 218 g/mol. The van der Waals surface area contributed by atoms with Crippen molar-refractivity contribution in [3.63, 3.8) is 0 Å². The standard InChI is InChI=1S/C14H18O2/c1-11(2)13-9-7-12(8-10-13)5-4-6-14(15)16-3/h4-5,7-11H,6H2,1-3H3. The molecular weight excluding hydrogens is 200 g/mol. The number of ether oxygens (including phenoxy) is 1. The first kappa shape index (κ1) is 12.5. The highest BCUT2D eigenvalue weighted by Gasteiger charge is 1.97. The van der Waals surface area contributed by atoms with Crippen molar-refractivity contribution >= 4 is 12.0 Å². The summed E-state index contributed by atoms with van der Waals surface area (Å²) in [6.45, 7) is 4.34. The van der Waals surface area contributed by atoms with Crippen molar-refractivity contribution in [2.45, 2.75) is 26.2 Å². The summed E-state index contributed by atoms with van der Waals surface area (Å²) in [6.07, 6.45) is 4.07. The molecule has 1 aromatic rings. The normalized spacial score (nSPS) is 11.0. The van der Waals surface area contributed by atoms with Crippen LogP contribution in [0.4, 0.5) is 0 Å². The first-order valence-electron chi connectivity index (χ1n) is 5.47. The molecule has 0 atom stereocenters. The Kier molecular flexibility index (Phi) is 4.77. The molecular formula is C14H18O2. The van der Waals surface area contributed by atoms with E-state index in [9.17, 15) is 4.79 Å². The zero-order valence-electron chi connectivity index (χ0n) is 10.1. The highest BCUT2D eigenvalue weighted by molar-refractivity contribution is 5.72. The van der Waals surface area contributed by atoms with Crippen LogP contribution in [0.1, 0.15) is 37.3 Å². The number of hydrogen-bond donors (Lipinski definition) is 0. The van der Waals surface area contributed by atoms with Gasteiger partial charge in [-0.2, -0.15) is 0 Å². The van der Waals surface area contributed by atoms with Crippen molar-refractivity contribution in [3.8, 4) is 0 Å². The van der Waals surface area contributed by atoms with Gasteiger partial charge in [-0.1, -0.05) is 50.3 Å². The molecule has 0 heterocycles. The highest BCUT2D eigenvalue weighted by atomic mass is 16.5. The maximum atomic E-state index is 10.9. The third-order valence-corrected chi connectivity index (χ3v) is 2.43. The Balaban J connectivity index is 2.58. The van der Waals surface area contributed by atoms with Crippen molar-refractivity contribution in [2.24, 2.45) is 0 Å². The maximum Gasteiger partial charge on any atom is 0.309 e. The third-order valence-electron chi connectivity index (χ3n) is 2.43. The van der Waals surface area contributed by atoms with E-state index < -0.39 is 0 Å². The average molecular weight is 218 g/mol. The van der Waals surface area contributed by atoms with Gasteiger partial charge in [0.05, 0.1) is 13.5 Å². The van der Waals surface area contributed by atoms with Crippen LogP contribution in [-0.2, 0) is 9.53 Å². The van der Waals surface area contributed by atoms with Gasteiger partial charge in [0.15, 0.2) is 0 Å². The van der Waals surface area contributed by atoms with E-state index in [1.54, 1.807) is 0 Å². The average Bonchev–Trinajstić information content (AvgIpc) is 2.29. The second kappa shape index (κ2) is 6.11. The molecule has 0 unspecified atom stereocenters. The van der Waals surface area contributed by atoms with E-state index >= 15 is 0 Å². The van der Waals surface area contributed by atoms with Crippen LogP contribution in [0.25, 0.3) is 6.08 Å². The molecule has 0 aromatic heterocycles. The smallest absolute Gasteiger partial charge is 0.309 e. The fourth-order valence-corrected chi connectivity index (χ4v) is 1.37. The lowest BCUT2D eigenvalue weighted by molar-refractivity contribution is -0.139. The predicted molar refractivity (Wildman–Crippen MR) is 66.2 cm³/mol. The quantitative estimate of drug-likeness (QED) is 0.724. The number of rotatable bonds is 4. The fraction of sp³-hybridized carbons (Fsp3) is 0.357. The van der Waals surface area contributed by atoms with Crippen LogP contribution < -0.4 is 0 Å². The third kappa shape index (κ3) is 3.89. The van der Waals surface area contributed by atoms with Crippen LogP contribution in [0.2, 0.25) is 0 Å². The molecule has 0 N–H and O–H groups in total. The zero-order chi connectivity index (χ0) is 12.0. The van der Waals surface area contributed by atoms with Crippen molar-refractivity contribution in [1.82, 2.24) is 0 Å². The topological polar surface area (TPSA) is 26.3 Å². The van der Waals surface area contributed by atoms with E-state index in [0.717, 1.165) is 5.56 Å². The van der Waals surface area contributed by atoms with Gasteiger partial charge < -0.3 is 4.74 Å². The molecule has 2 nitrogen and oxygen atoms in total. The Morgan fingerprint density at radius 2 is 1.94 bits per heavy atom. The predicted octanol–water partition coefficient (Wildman–Crippen LogP) is 3.39. The van der Waals surface area contributed by atoms with E-state index in [1.165, 1.54) is 12.7 Å². The highest BCUT2D eigenvalue weighted by Crippen LogP contribution is 2.15. The van der Waals surface area contributed by atoms with Gasteiger partial charge in [0.2, 0.25) is 0 Å². The second-order valence-electron chi connectivity index (χ2n) is 4.00. The number of benzene rings is 1. The molecule has 0 saturated carbocycles. The number of hydrogen-bond acceptors (Lipinski definition) is 2. The van der Waals surface area contributed by atoms with Crippen LogP contribution in [0.15, 0.2) is 30.3 Å². The summed E-state index contributed by atoms with van der Waals surface area (Å²) in [4.78, 5) is 10.9. The Morgan fingerprint density at radius 3 is 2.44 bits per heavy atom. The van der Waals surface area contributed by atoms with Crippen LogP contribution in [-0.4, -0.2) is 13.1 Å². The molecule has 1 rings (SSSR count). The van der Waals surface area contributed by atoms with Gasteiger partial charge in [-0.15, -0.1) is 0 Å². The minimum absolute atomic E-state index is 0.213. The van der Waals surface area contributed by atoms with E-state index in [4.69, 9.17) is 0 Å². The van der Waals surface area contributed by atoms with Crippen LogP contribution in [0.5, 0.6) is 0 Å². The number of esters is 1. The van der Waals surface area contributed by atoms with Gasteiger partial charge in [-0.3, -0.25) is 4.79 Å². The molecule has 0 saturated heterocycles. The lowest BCUT2D eigenvalue weighted by atomic mass is 10.0. The van der Waals surface area contributed by atoms with Gasteiger partial charge in [-0.25, -0.2) is 0 Å². The maximum absolute atomic E-state index is 10.9. The van der Waals surface area contributed by atoms with Crippen molar-refractivity contribution < 1.29 is 9.53 Å². The fourth-order valence-electron chi connectivity index (χ4n) is 1.37. The first-order valence-corrected chi connectivity index (χ1v) is 5.47. The molecule has 1 aromatic carbocycles. The Labute approximate surface area is 96.9 Å². The van der Waals surface area contributed by atoms with Crippen LogP contribution in [0.3, 0.4) is 0 Å². The molecule has 0 amide bonds. The van der Waals surface area contributed by atoms with Gasteiger partial charge in [0, 0.05) is 0 Å². The summed E-state index contributed by atoms with van der Waals surface area (Å²) < 4.78 is 4.55. The van der Waals surface area contributed by atoms with Crippen molar-refractivity contribution in [1.29, 1.82) is 0 Å². The van der Waals surface area contributed by atoms with Gasteiger partial charge >= 0.3 is 5.97 Å². The molecule has 0 bridgehead atoms. The van der Waals surface area contributed by atoms with E-state index in [0.29, 0.717) is 12.3 Å². The number of methoxy groups -OCH3 is 1. The van der Waals surface area contributed by atoms with Gasteiger partial charge in [0.1, 0.15) is 0 Å². The van der Waals surface area contributed by atoms with E-state index in [1.807, 2.05) is 12.2 Å². The van der Waals surface area contributed by atoms with Crippen molar-refractivity contribution in [3.05, 3.63) is 41.5 Å². The number of carbonyl (C=O) groups excluding carboxylic acids is 1. The van der Waals surface area contributed by atoms with Crippen LogP contribution in [0, 0.1) is 0 Å². The molecule has 0 fully saturated rings. The van der Waals surface area contributed by atoms with E-state index in [2.05, 4.69) is 42.8 Å². The molecule has 0 aliphatic carbocycles. The first-order chi connectivity index (χ1) is 7.63. The van der Waals surface area contributed by atoms with Crippen LogP contribution >= 0.6 is 0 Å². The minimum Gasteiger partial charge on any atom is -0.469 e. The minimum atomic E-state index is -0.213. The summed E-state index contributed by atoms with van der Waals surface area (Å²) in [7, 11) is 1.40. The second-order valence-corrected chi connectivity index (χ2v) is 4.00. The summed E-state index contributed by atoms with van der Waals surface area (Å²) in [5.41, 5.74) is 2.43. The summed E-state index contributed by atoms with van der Waals surface area (Å²) in [5.74, 6) is 0.336.